The number of hydrogen-bond acceptors (Lipinski definition) is 3. The first kappa shape index (κ1) is 12.6. The van der Waals surface area contributed by atoms with Crippen molar-refractivity contribution in [2.45, 2.75) is 18.6 Å². The summed E-state index contributed by atoms with van der Waals surface area (Å²) in [6.07, 6.45) is 3.59. The van der Waals surface area contributed by atoms with E-state index in [0.29, 0.717) is 5.56 Å². The first-order valence-electron chi connectivity index (χ1n) is 6.22. The second-order valence-corrected chi connectivity index (χ2v) is 4.85. The molecule has 7 heteroatoms. The molecule has 1 aliphatic rings. The van der Waals surface area contributed by atoms with Crippen LogP contribution in [0.15, 0.2) is 30.9 Å². The van der Waals surface area contributed by atoms with Crippen molar-refractivity contribution < 1.29 is 14.0 Å². The summed E-state index contributed by atoms with van der Waals surface area (Å²) >= 11 is 0. The van der Waals surface area contributed by atoms with Crippen molar-refractivity contribution >= 4 is 17.3 Å². The topological polar surface area (TPSA) is 80.7 Å². The largest absolute Gasteiger partial charge is 0.368 e. The molecule has 1 fully saturated rings. The summed E-state index contributed by atoms with van der Waals surface area (Å²) in [4.78, 5) is 28.9. The molecule has 104 valence electrons. The zero-order chi connectivity index (χ0) is 14.3. The minimum Gasteiger partial charge on any atom is -0.368 e. The lowest BCUT2D eigenvalue weighted by Gasteiger charge is -2.21. The molecule has 3 heterocycles. The van der Waals surface area contributed by atoms with Crippen LogP contribution in [0.5, 0.6) is 0 Å². The van der Waals surface area contributed by atoms with E-state index in [0.717, 1.165) is 5.52 Å². The molecule has 0 spiro atoms. The van der Waals surface area contributed by atoms with Gasteiger partial charge in [-0.15, -0.1) is 0 Å². The quantitative estimate of drug-likeness (QED) is 0.860. The molecule has 2 amide bonds. The van der Waals surface area contributed by atoms with Gasteiger partial charge in [0.1, 0.15) is 12.2 Å². The van der Waals surface area contributed by atoms with Gasteiger partial charge in [-0.05, 0) is 12.1 Å². The van der Waals surface area contributed by atoms with Gasteiger partial charge in [0, 0.05) is 12.6 Å². The lowest BCUT2D eigenvalue weighted by atomic mass is 10.2. The van der Waals surface area contributed by atoms with Crippen LogP contribution in [0.2, 0.25) is 0 Å². The fourth-order valence-corrected chi connectivity index (χ4v) is 2.49. The average molecular weight is 276 g/mol. The molecule has 0 unspecified atom stereocenters. The minimum atomic E-state index is -1.21. The number of carbonyl (C=O) groups excluding carboxylic acids is 2. The van der Waals surface area contributed by atoms with Crippen LogP contribution in [0.4, 0.5) is 4.39 Å². The zero-order valence-corrected chi connectivity index (χ0v) is 10.6. The van der Waals surface area contributed by atoms with Crippen molar-refractivity contribution in [3.8, 4) is 0 Å². The third-order valence-corrected chi connectivity index (χ3v) is 3.49. The van der Waals surface area contributed by atoms with E-state index in [2.05, 4.69) is 4.98 Å². The minimum absolute atomic E-state index is 0.0333. The van der Waals surface area contributed by atoms with Crippen molar-refractivity contribution in [2.75, 3.05) is 6.54 Å². The monoisotopic (exact) mass is 276 g/mol. The first-order chi connectivity index (χ1) is 9.56. The summed E-state index contributed by atoms with van der Waals surface area (Å²) in [7, 11) is 0. The van der Waals surface area contributed by atoms with Gasteiger partial charge >= 0.3 is 0 Å². The van der Waals surface area contributed by atoms with Gasteiger partial charge in [0.15, 0.2) is 0 Å². The molecule has 1 aliphatic heterocycles. The maximum atomic E-state index is 13.4. The molecular formula is C13H13FN4O2. The number of imidazole rings is 1. The SMILES string of the molecule is NC(=O)[C@@H]1C[C@@H](F)CN1C(=O)c1ccc2cncn2c1. The molecule has 0 radical (unpaired) electrons. The summed E-state index contributed by atoms with van der Waals surface area (Å²) in [5, 5.41) is 0. The maximum absolute atomic E-state index is 13.4. The van der Waals surface area contributed by atoms with Crippen molar-refractivity contribution in [2.24, 2.45) is 5.73 Å². The highest BCUT2D eigenvalue weighted by Gasteiger charge is 2.39. The number of nitrogens with zero attached hydrogens (tertiary/aromatic N) is 3. The summed E-state index contributed by atoms with van der Waals surface area (Å²) in [5.41, 5.74) is 6.44. The van der Waals surface area contributed by atoms with E-state index in [1.165, 1.54) is 4.90 Å². The van der Waals surface area contributed by atoms with Gasteiger partial charge in [0.25, 0.3) is 5.91 Å². The number of carbonyl (C=O) groups is 2. The Morgan fingerprint density at radius 1 is 1.40 bits per heavy atom. The molecule has 2 N–H and O–H groups in total. The molecule has 0 bridgehead atoms. The van der Waals surface area contributed by atoms with E-state index in [9.17, 15) is 14.0 Å². The zero-order valence-electron chi connectivity index (χ0n) is 10.6. The highest BCUT2D eigenvalue weighted by molar-refractivity contribution is 5.97. The number of hydrogen-bond donors (Lipinski definition) is 1. The third kappa shape index (κ3) is 2.01. The number of amides is 2. The Kier molecular flexibility index (Phi) is 2.89. The number of nitrogens with two attached hydrogens (primary N) is 1. The van der Waals surface area contributed by atoms with Gasteiger partial charge in [0.2, 0.25) is 5.91 Å². The molecule has 3 rings (SSSR count). The highest BCUT2D eigenvalue weighted by atomic mass is 19.1. The van der Waals surface area contributed by atoms with E-state index >= 15 is 0 Å². The van der Waals surface area contributed by atoms with Crippen LogP contribution in [0.1, 0.15) is 16.8 Å². The van der Waals surface area contributed by atoms with Crippen molar-refractivity contribution in [3.63, 3.8) is 0 Å². The van der Waals surface area contributed by atoms with Crippen LogP contribution in [-0.4, -0.2) is 44.9 Å². The van der Waals surface area contributed by atoms with Crippen LogP contribution in [0.25, 0.3) is 5.52 Å². The van der Waals surface area contributed by atoms with Crippen LogP contribution in [0.3, 0.4) is 0 Å². The third-order valence-electron chi connectivity index (χ3n) is 3.49. The van der Waals surface area contributed by atoms with Gasteiger partial charge < -0.3 is 15.0 Å². The van der Waals surface area contributed by atoms with E-state index in [4.69, 9.17) is 5.73 Å². The molecule has 20 heavy (non-hydrogen) atoms. The maximum Gasteiger partial charge on any atom is 0.256 e. The van der Waals surface area contributed by atoms with Crippen molar-refractivity contribution in [1.82, 2.24) is 14.3 Å². The van der Waals surface area contributed by atoms with E-state index in [-0.39, 0.29) is 13.0 Å². The number of pyridine rings is 1. The molecule has 0 aliphatic carbocycles. The summed E-state index contributed by atoms with van der Waals surface area (Å²) in [5.74, 6) is -1.08. The first-order valence-corrected chi connectivity index (χ1v) is 6.22. The molecule has 0 saturated carbocycles. The Morgan fingerprint density at radius 3 is 2.95 bits per heavy atom. The van der Waals surface area contributed by atoms with E-state index < -0.39 is 24.0 Å². The molecule has 1 saturated heterocycles. The van der Waals surface area contributed by atoms with Gasteiger partial charge in [-0.3, -0.25) is 9.59 Å². The summed E-state index contributed by atoms with van der Waals surface area (Å²) < 4.78 is 15.1. The van der Waals surface area contributed by atoms with Gasteiger partial charge in [-0.1, -0.05) is 0 Å². The van der Waals surface area contributed by atoms with Crippen LogP contribution < -0.4 is 5.73 Å². The van der Waals surface area contributed by atoms with E-state index in [1.54, 1.807) is 35.3 Å². The van der Waals surface area contributed by atoms with Crippen molar-refractivity contribution in [3.05, 3.63) is 36.4 Å². The van der Waals surface area contributed by atoms with Gasteiger partial charge in [0.05, 0.1) is 30.1 Å². The Hall–Kier alpha value is -2.44. The molecule has 2 atom stereocenters. The lowest BCUT2D eigenvalue weighted by Crippen LogP contribution is -2.43. The predicted molar refractivity (Wildman–Crippen MR) is 68.7 cm³/mol. The highest BCUT2D eigenvalue weighted by Crippen LogP contribution is 2.22. The molecule has 6 nitrogen and oxygen atoms in total. The second kappa shape index (κ2) is 4.59. The van der Waals surface area contributed by atoms with Crippen LogP contribution >= 0.6 is 0 Å². The van der Waals surface area contributed by atoms with Crippen LogP contribution in [-0.2, 0) is 4.79 Å². The number of halogens is 1. The Bertz CT molecular complexity index is 684. The fraction of sp³-hybridized carbons (Fsp3) is 0.308. The summed E-state index contributed by atoms with van der Waals surface area (Å²) in [6, 6.07) is 2.49. The predicted octanol–water partition coefficient (Wildman–Crippen LogP) is 0.372. The molecule has 2 aromatic heterocycles. The smallest absolute Gasteiger partial charge is 0.256 e. The summed E-state index contributed by atoms with van der Waals surface area (Å²) in [6.45, 7) is -0.103. The Labute approximate surface area is 114 Å². The van der Waals surface area contributed by atoms with Crippen molar-refractivity contribution in [1.29, 1.82) is 0 Å². The van der Waals surface area contributed by atoms with Crippen LogP contribution in [0, 0.1) is 0 Å². The lowest BCUT2D eigenvalue weighted by molar-refractivity contribution is -0.121. The van der Waals surface area contributed by atoms with Gasteiger partial charge in [-0.2, -0.15) is 0 Å². The molecule has 0 aromatic carbocycles. The number of primary amides is 1. The normalized spacial score (nSPS) is 22.4. The Balaban J connectivity index is 1.92. The number of rotatable bonds is 2. The van der Waals surface area contributed by atoms with Gasteiger partial charge in [-0.25, -0.2) is 9.37 Å². The second-order valence-electron chi connectivity index (χ2n) is 4.85. The molecule has 2 aromatic rings. The van der Waals surface area contributed by atoms with E-state index in [1.807, 2.05) is 0 Å². The molecular weight excluding hydrogens is 263 g/mol. The number of likely N-dealkylation sites (tertiary alicyclic amines) is 1. The fourth-order valence-electron chi connectivity index (χ4n) is 2.49. The number of alkyl halides is 1. The number of fused-ring (bicyclic) bond motifs is 1. The number of aromatic nitrogens is 2. The average Bonchev–Trinajstić information content (AvgIpc) is 3.02. The Morgan fingerprint density at radius 2 is 2.20 bits per heavy atom. The standard InChI is InChI=1S/C13H13FN4O2/c14-9-3-11(12(15)19)18(6-9)13(20)8-1-2-10-4-16-7-17(10)5-8/h1-2,4-5,7,9,11H,3,6H2,(H2,15,19)/t9-,11+/m1/s1.